The molecule has 0 fully saturated rings. The lowest BCUT2D eigenvalue weighted by molar-refractivity contribution is -0.139. The normalized spacial score (nSPS) is 15.0. The standard InChI is InChI=1S/C8H8Br2O3/c1-12-8(11)7(10)6(9)5-3-2-4-13-5/h2-4,6-7H,1H3/t6-,7-/m1/s1. The molecule has 1 rings (SSSR count). The Balaban J connectivity index is 2.68. The Morgan fingerprint density at radius 3 is 2.77 bits per heavy atom. The second kappa shape index (κ2) is 4.81. The predicted molar refractivity (Wildman–Crippen MR) is 55.1 cm³/mol. The second-order valence-corrected chi connectivity index (χ2v) is 4.32. The summed E-state index contributed by atoms with van der Waals surface area (Å²) in [7, 11) is 1.35. The fourth-order valence-corrected chi connectivity index (χ4v) is 1.75. The van der Waals surface area contributed by atoms with E-state index in [4.69, 9.17) is 4.42 Å². The van der Waals surface area contributed by atoms with Crippen LogP contribution in [-0.2, 0) is 9.53 Å². The number of alkyl halides is 2. The molecular formula is C8H8Br2O3. The molecule has 1 heterocycles. The van der Waals surface area contributed by atoms with Gasteiger partial charge in [0.2, 0.25) is 0 Å². The van der Waals surface area contributed by atoms with Gasteiger partial charge in [0.15, 0.2) is 0 Å². The molecule has 0 spiro atoms. The Morgan fingerprint density at radius 1 is 1.62 bits per heavy atom. The van der Waals surface area contributed by atoms with Crippen molar-refractivity contribution in [3.05, 3.63) is 24.2 Å². The lowest BCUT2D eigenvalue weighted by Crippen LogP contribution is -2.19. The van der Waals surface area contributed by atoms with Gasteiger partial charge >= 0.3 is 5.97 Å². The van der Waals surface area contributed by atoms with Gasteiger partial charge in [-0.25, -0.2) is 0 Å². The first kappa shape index (κ1) is 10.8. The van der Waals surface area contributed by atoms with Crippen LogP contribution in [0.4, 0.5) is 0 Å². The van der Waals surface area contributed by atoms with Crippen molar-refractivity contribution in [2.24, 2.45) is 0 Å². The Bertz CT molecular complexity index is 271. The minimum absolute atomic E-state index is 0.213. The number of hydrogen-bond acceptors (Lipinski definition) is 3. The zero-order valence-corrected chi connectivity index (χ0v) is 10.0. The zero-order valence-electron chi connectivity index (χ0n) is 6.87. The van der Waals surface area contributed by atoms with Gasteiger partial charge < -0.3 is 9.15 Å². The first-order chi connectivity index (χ1) is 6.16. The molecule has 0 aromatic carbocycles. The molecule has 2 atom stereocenters. The summed E-state index contributed by atoms with van der Waals surface area (Å²) < 4.78 is 9.70. The van der Waals surface area contributed by atoms with Gasteiger partial charge in [-0.1, -0.05) is 31.9 Å². The van der Waals surface area contributed by atoms with Crippen LogP contribution >= 0.6 is 31.9 Å². The van der Waals surface area contributed by atoms with E-state index in [0.717, 1.165) is 0 Å². The molecule has 0 N–H and O–H groups in total. The van der Waals surface area contributed by atoms with Crippen molar-refractivity contribution in [1.29, 1.82) is 0 Å². The molecule has 1 aromatic rings. The monoisotopic (exact) mass is 310 g/mol. The minimum Gasteiger partial charge on any atom is -0.468 e. The van der Waals surface area contributed by atoms with Gasteiger partial charge in [-0.3, -0.25) is 4.79 Å². The third-order valence-electron chi connectivity index (χ3n) is 1.50. The molecule has 13 heavy (non-hydrogen) atoms. The molecule has 3 nitrogen and oxygen atoms in total. The van der Waals surface area contributed by atoms with Crippen molar-refractivity contribution >= 4 is 37.8 Å². The van der Waals surface area contributed by atoms with Gasteiger partial charge in [-0.05, 0) is 12.1 Å². The largest absolute Gasteiger partial charge is 0.468 e. The van der Waals surface area contributed by atoms with Crippen LogP contribution in [0.1, 0.15) is 10.6 Å². The number of rotatable bonds is 3. The maximum atomic E-state index is 11.1. The third-order valence-corrected chi connectivity index (χ3v) is 4.09. The van der Waals surface area contributed by atoms with E-state index < -0.39 is 4.83 Å². The van der Waals surface area contributed by atoms with Crippen LogP contribution in [0.3, 0.4) is 0 Å². The average molecular weight is 312 g/mol. The molecular weight excluding hydrogens is 304 g/mol. The quantitative estimate of drug-likeness (QED) is 0.636. The van der Waals surface area contributed by atoms with Gasteiger partial charge in [0.1, 0.15) is 10.6 Å². The first-order valence-electron chi connectivity index (χ1n) is 3.56. The number of furan rings is 1. The summed E-state index contributed by atoms with van der Waals surface area (Å²) in [6, 6.07) is 3.55. The van der Waals surface area contributed by atoms with Gasteiger partial charge in [-0.2, -0.15) is 0 Å². The van der Waals surface area contributed by atoms with Crippen molar-refractivity contribution in [1.82, 2.24) is 0 Å². The Labute approximate surface area is 92.7 Å². The molecule has 72 valence electrons. The average Bonchev–Trinajstić information content (AvgIpc) is 2.67. The third kappa shape index (κ3) is 2.57. The summed E-state index contributed by atoms with van der Waals surface area (Å²) in [6.45, 7) is 0. The number of hydrogen-bond donors (Lipinski definition) is 0. The van der Waals surface area contributed by atoms with E-state index in [0.29, 0.717) is 5.76 Å². The van der Waals surface area contributed by atoms with Gasteiger partial charge in [0, 0.05) is 0 Å². The Hall–Kier alpha value is -0.290. The van der Waals surface area contributed by atoms with Crippen molar-refractivity contribution in [2.75, 3.05) is 7.11 Å². The summed E-state index contributed by atoms with van der Waals surface area (Å²) >= 11 is 6.54. The van der Waals surface area contributed by atoms with Gasteiger partial charge in [0.05, 0.1) is 18.2 Å². The van der Waals surface area contributed by atoms with E-state index in [1.54, 1.807) is 18.4 Å². The number of esters is 1. The predicted octanol–water partition coefficient (Wildman–Crippen LogP) is 2.65. The van der Waals surface area contributed by atoms with Crippen molar-refractivity contribution < 1.29 is 13.9 Å². The molecule has 0 aliphatic heterocycles. The summed E-state index contributed by atoms with van der Waals surface area (Å²) in [5.41, 5.74) is 0. The molecule has 0 aliphatic carbocycles. The van der Waals surface area contributed by atoms with E-state index in [-0.39, 0.29) is 10.8 Å². The molecule has 0 aliphatic rings. The molecule has 0 radical (unpaired) electrons. The highest BCUT2D eigenvalue weighted by Crippen LogP contribution is 2.31. The van der Waals surface area contributed by atoms with Crippen molar-refractivity contribution in [3.8, 4) is 0 Å². The number of carbonyl (C=O) groups is 1. The van der Waals surface area contributed by atoms with Crippen LogP contribution < -0.4 is 0 Å². The van der Waals surface area contributed by atoms with E-state index in [1.165, 1.54) is 7.11 Å². The fourth-order valence-electron chi connectivity index (χ4n) is 0.824. The number of methoxy groups -OCH3 is 1. The molecule has 0 amide bonds. The summed E-state index contributed by atoms with van der Waals surface area (Å²) in [4.78, 5) is 10.5. The Kier molecular flexibility index (Phi) is 3.99. The Morgan fingerprint density at radius 2 is 2.31 bits per heavy atom. The molecule has 0 bridgehead atoms. The second-order valence-electron chi connectivity index (χ2n) is 2.34. The van der Waals surface area contributed by atoms with E-state index in [2.05, 4.69) is 36.6 Å². The summed E-state index contributed by atoms with van der Waals surface area (Å²) in [6.07, 6.45) is 1.56. The molecule has 0 saturated carbocycles. The summed E-state index contributed by atoms with van der Waals surface area (Å²) in [5, 5.41) is 0. The molecule has 5 heteroatoms. The van der Waals surface area contributed by atoms with E-state index in [9.17, 15) is 4.79 Å². The number of ether oxygens (including phenoxy) is 1. The minimum atomic E-state index is -0.441. The maximum Gasteiger partial charge on any atom is 0.321 e. The highest BCUT2D eigenvalue weighted by atomic mass is 79.9. The highest BCUT2D eigenvalue weighted by molar-refractivity contribution is 9.12. The van der Waals surface area contributed by atoms with Gasteiger partial charge in [0.25, 0.3) is 0 Å². The van der Waals surface area contributed by atoms with Crippen LogP contribution in [0.15, 0.2) is 22.8 Å². The summed E-state index contributed by atoms with van der Waals surface area (Å²) in [5.74, 6) is 0.352. The topological polar surface area (TPSA) is 39.4 Å². The van der Waals surface area contributed by atoms with Gasteiger partial charge in [-0.15, -0.1) is 0 Å². The number of halogens is 2. The van der Waals surface area contributed by atoms with Crippen LogP contribution in [0, 0.1) is 0 Å². The van der Waals surface area contributed by atoms with Crippen LogP contribution in [0.25, 0.3) is 0 Å². The lowest BCUT2D eigenvalue weighted by atomic mass is 10.2. The first-order valence-corrected chi connectivity index (χ1v) is 5.39. The van der Waals surface area contributed by atoms with Crippen LogP contribution in [0.2, 0.25) is 0 Å². The van der Waals surface area contributed by atoms with Crippen LogP contribution in [0.5, 0.6) is 0 Å². The van der Waals surface area contributed by atoms with Crippen molar-refractivity contribution in [3.63, 3.8) is 0 Å². The number of carbonyl (C=O) groups excluding carboxylic acids is 1. The molecule has 1 aromatic heterocycles. The fraction of sp³-hybridized carbons (Fsp3) is 0.375. The van der Waals surface area contributed by atoms with E-state index in [1.807, 2.05) is 0 Å². The highest BCUT2D eigenvalue weighted by Gasteiger charge is 2.27. The smallest absolute Gasteiger partial charge is 0.321 e. The molecule has 0 saturated heterocycles. The molecule has 0 unspecified atom stereocenters. The van der Waals surface area contributed by atoms with Crippen LogP contribution in [-0.4, -0.2) is 17.9 Å². The van der Waals surface area contributed by atoms with E-state index >= 15 is 0 Å². The lowest BCUT2D eigenvalue weighted by Gasteiger charge is -2.11. The van der Waals surface area contributed by atoms with Crippen molar-refractivity contribution in [2.45, 2.75) is 9.65 Å². The maximum absolute atomic E-state index is 11.1. The zero-order chi connectivity index (χ0) is 9.84. The SMILES string of the molecule is COC(=O)[C@H](Br)[C@H](Br)c1ccco1.